The Morgan fingerprint density at radius 3 is 2.26 bits per heavy atom. The van der Waals surface area contributed by atoms with Crippen LogP contribution >= 0.6 is 0 Å². The average molecular weight is 619 g/mol. The van der Waals surface area contributed by atoms with Crippen LogP contribution in [0.1, 0.15) is 41.9 Å². The molecular weight excluding hydrogens is 597 g/mol. The van der Waals surface area contributed by atoms with Gasteiger partial charge in [0, 0.05) is 12.0 Å². The predicted molar refractivity (Wildman–Crippen MR) is 142 cm³/mol. The van der Waals surface area contributed by atoms with Crippen LogP contribution < -0.4 is 4.90 Å². The number of urea groups is 1. The first-order valence-electron chi connectivity index (χ1n) is 11.9. The number of halogens is 3. The number of nitriles is 2. The van der Waals surface area contributed by atoms with E-state index in [1.165, 1.54) is 37.3 Å². The highest BCUT2D eigenvalue weighted by Gasteiger charge is 2.49. The van der Waals surface area contributed by atoms with E-state index in [0.29, 0.717) is 6.20 Å². The maximum atomic E-state index is 14.2. The molecule has 0 saturated carbocycles. The molecule has 1 atom stereocenters. The van der Waals surface area contributed by atoms with Crippen molar-refractivity contribution >= 4 is 31.6 Å². The van der Waals surface area contributed by atoms with Crippen molar-refractivity contribution < 1.29 is 34.8 Å². The fraction of sp³-hybridized carbons (Fsp3) is 0.231. The normalized spacial score (nSPS) is 16.1. The van der Waals surface area contributed by atoms with Crippen molar-refractivity contribution in [1.82, 2.24) is 14.1 Å². The molecule has 0 spiro atoms. The van der Waals surface area contributed by atoms with Crippen molar-refractivity contribution in [2.75, 3.05) is 11.2 Å². The smallest absolute Gasteiger partial charge is 0.265 e. The Labute approximate surface area is 239 Å². The molecule has 0 aliphatic carbocycles. The fourth-order valence-electron chi connectivity index (χ4n) is 4.65. The average Bonchev–Trinajstić information content (AvgIpc) is 3.34. The maximum Gasteiger partial charge on any atom is 0.343 e. The molecule has 4 rings (SSSR count). The van der Waals surface area contributed by atoms with Crippen molar-refractivity contribution in [3.63, 3.8) is 0 Å². The van der Waals surface area contributed by atoms with Gasteiger partial charge < -0.3 is 0 Å². The lowest BCUT2D eigenvalue weighted by Crippen LogP contribution is -2.52. The lowest BCUT2D eigenvalue weighted by molar-refractivity contribution is 0.0541. The Balaban J connectivity index is 2.12. The molecule has 0 unspecified atom stereocenters. The zero-order valence-corrected chi connectivity index (χ0v) is 23.8. The van der Waals surface area contributed by atoms with Gasteiger partial charge in [0.1, 0.15) is 17.6 Å². The van der Waals surface area contributed by atoms with Gasteiger partial charge in [-0.1, -0.05) is 18.2 Å². The number of sulfone groups is 1. The van der Waals surface area contributed by atoms with Crippen molar-refractivity contribution in [2.24, 2.45) is 0 Å². The topological polar surface area (TPSA) is 157 Å². The van der Waals surface area contributed by atoms with Gasteiger partial charge in [-0.05, 0) is 49.2 Å². The highest BCUT2D eigenvalue weighted by atomic mass is 32.2. The lowest BCUT2D eigenvalue weighted by atomic mass is 9.94. The van der Waals surface area contributed by atoms with E-state index in [1.54, 1.807) is 6.07 Å². The Bertz CT molecular complexity index is 1940. The molecule has 218 valence electrons. The zero-order valence-electron chi connectivity index (χ0n) is 22.2. The minimum atomic E-state index is -5.15. The SMILES string of the molecule is CC1=C(C#N)[C@@H](c2ccc(C#N)cc2S(C)(=O)=O)N(S(=O)(=O)c2cnn(C(F)F)c2C)C(=O)N1c1cccc(CF)c1. The van der Waals surface area contributed by atoms with E-state index in [0.717, 1.165) is 30.2 Å². The van der Waals surface area contributed by atoms with E-state index >= 15 is 0 Å². The molecule has 0 N–H and O–H groups in total. The van der Waals surface area contributed by atoms with Crippen LogP contribution in [0.4, 0.5) is 23.7 Å². The van der Waals surface area contributed by atoms with Crippen molar-refractivity contribution in [3.05, 3.63) is 82.3 Å². The number of hydrogen-bond acceptors (Lipinski definition) is 8. The third-order valence-electron chi connectivity index (χ3n) is 6.61. The van der Waals surface area contributed by atoms with Crippen LogP contribution in [0.2, 0.25) is 0 Å². The summed E-state index contributed by atoms with van der Waals surface area (Å²) in [4.78, 5) is 13.7. The van der Waals surface area contributed by atoms with E-state index in [2.05, 4.69) is 5.10 Å². The standard InChI is InChI=1S/C26H21F3N6O5S2/c1-15-21(13-31)24(20-8-7-18(12-30)10-22(20)41(3,37)38)35(26(36)33(15)19-6-4-5-17(9-19)11-27)42(39,40)23-14-32-34(16(23)2)25(28)29/h4-10,14,24-25H,11H2,1-3H3/t24-/m1/s1. The molecule has 1 aromatic heterocycles. The van der Waals surface area contributed by atoms with Gasteiger partial charge in [0.15, 0.2) is 9.84 Å². The first kappa shape index (κ1) is 30.3. The first-order valence-corrected chi connectivity index (χ1v) is 15.2. The van der Waals surface area contributed by atoms with Gasteiger partial charge in [-0.3, -0.25) is 4.90 Å². The molecule has 11 nitrogen and oxygen atoms in total. The van der Waals surface area contributed by atoms with Crippen LogP contribution in [-0.2, 0) is 26.5 Å². The van der Waals surface area contributed by atoms with E-state index in [-0.39, 0.29) is 37.1 Å². The molecule has 3 aromatic rings. The highest BCUT2D eigenvalue weighted by Crippen LogP contribution is 2.44. The van der Waals surface area contributed by atoms with Gasteiger partial charge >= 0.3 is 12.6 Å². The van der Waals surface area contributed by atoms with Crippen LogP contribution in [0.15, 0.2) is 69.7 Å². The summed E-state index contributed by atoms with van der Waals surface area (Å²) in [5.74, 6) is 0. The summed E-state index contributed by atoms with van der Waals surface area (Å²) in [5.41, 5.74) is -1.34. The number of carbonyl (C=O) groups is 1. The van der Waals surface area contributed by atoms with E-state index < -0.39 is 66.2 Å². The zero-order chi connectivity index (χ0) is 31.1. The number of carbonyl (C=O) groups excluding carboxylic acids is 1. The number of hydrogen-bond donors (Lipinski definition) is 0. The number of aromatic nitrogens is 2. The summed E-state index contributed by atoms with van der Waals surface area (Å²) in [6.45, 7) is -1.80. The second-order valence-electron chi connectivity index (χ2n) is 9.19. The molecule has 1 aliphatic heterocycles. The van der Waals surface area contributed by atoms with E-state index in [1.807, 2.05) is 6.07 Å². The molecule has 42 heavy (non-hydrogen) atoms. The summed E-state index contributed by atoms with van der Waals surface area (Å²) in [5, 5.41) is 23.0. The molecule has 2 heterocycles. The second-order valence-corrected chi connectivity index (χ2v) is 13.0. The molecule has 0 saturated heterocycles. The van der Waals surface area contributed by atoms with Crippen molar-refractivity contribution in [3.8, 4) is 12.1 Å². The largest absolute Gasteiger partial charge is 0.343 e. The van der Waals surface area contributed by atoms with E-state index in [9.17, 15) is 45.3 Å². The van der Waals surface area contributed by atoms with Crippen molar-refractivity contribution in [1.29, 1.82) is 10.5 Å². The third kappa shape index (κ3) is 4.99. The molecule has 2 amide bonds. The lowest BCUT2D eigenvalue weighted by Gasteiger charge is -2.41. The molecule has 0 radical (unpaired) electrons. The fourth-order valence-corrected chi connectivity index (χ4v) is 7.24. The van der Waals surface area contributed by atoms with Crippen LogP contribution in [0.25, 0.3) is 0 Å². The number of benzene rings is 2. The summed E-state index contributed by atoms with van der Waals surface area (Å²) in [7, 11) is -9.34. The van der Waals surface area contributed by atoms with Crippen LogP contribution in [0.5, 0.6) is 0 Å². The number of nitrogens with zero attached hydrogens (tertiary/aromatic N) is 6. The van der Waals surface area contributed by atoms with Gasteiger partial charge in [0.05, 0.1) is 45.7 Å². The molecular formula is C26H21F3N6O5S2. The third-order valence-corrected chi connectivity index (χ3v) is 9.61. The summed E-state index contributed by atoms with van der Waals surface area (Å²) in [6, 6.07) is 9.12. The molecule has 16 heteroatoms. The number of sulfonamides is 1. The molecule has 0 fully saturated rings. The Morgan fingerprint density at radius 2 is 1.71 bits per heavy atom. The molecule has 1 aliphatic rings. The van der Waals surface area contributed by atoms with Crippen LogP contribution in [-0.4, -0.2) is 43.2 Å². The number of amides is 2. The van der Waals surface area contributed by atoms with Crippen LogP contribution in [0.3, 0.4) is 0 Å². The Morgan fingerprint density at radius 1 is 1.02 bits per heavy atom. The van der Waals surface area contributed by atoms with Gasteiger partial charge in [0.25, 0.3) is 10.0 Å². The summed E-state index contributed by atoms with van der Waals surface area (Å²) < 4.78 is 94.9. The minimum absolute atomic E-state index is 0.0118. The quantitative estimate of drug-likeness (QED) is 0.375. The highest BCUT2D eigenvalue weighted by molar-refractivity contribution is 7.91. The number of alkyl halides is 3. The number of allylic oxidation sites excluding steroid dienone is 1. The number of rotatable bonds is 7. The van der Waals surface area contributed by atoms with E-state index in [4.69, 9.17) is 0 Å². The van der Waals surface area contributed by atoms with Crippen molar-refractivity contribution in [2.45, 2.75) is 42.9 Å². The minimum Gasteiger partial charge on any atom is -0.265 e. The maximum absolute atomic E-state index is 14.2. The molecule has 0 bridgehead atoms. The van der Waals surface area contributed by atoms with Gasteiger partial charge in [-0.25, -0.2) is 35.0 Å². The molecule has 2 aromatic carbocycles. The summed E-state index contributed by atoms with van der Waals surface area (Å²) in [6.07, 6.45) is 1.41. The van der Waals surface area contributed by atoms with Gasteiger partial charge in [0.2, 0.25) is 0 Å². The number of anilines is 1. The summed E-state index contributed by atoms with van der Waals surface area (Å²) >= 11 is 0. The van der Waals surface area contributed by atoms with Crippen LogP contribution in [0, 0.1) is 29.6 Å². The van der Waals surface area contributed by atoms with Gasteiger partial charge in [-0.15, -0.1) is 0 Å². The predicted octanol–water partition coefficient (Wildman–Crippen LogP) is 4.50. The Kier molecular flexibility index (Phi) is 7.90. The monoisotopic (exact) mass is 618 g/mol. The first-order chi connectivity index (χ1) is 19.7. The Hall–Kier alpha value is -4.67. The van der Waals surface area contributed by atoms with Gasteiger partial charge in [-0.2, -0.15) is 24.4 Å². The second kappa shape index (κ2) is 11.0.